The zero-order valence-corrected chi connectivity index (χ0v) is 22.6. The van der Waals surface area contributed by atoms with Crippen molar-refractivity contribution < 1.29 is 9.53 Å². The maximum Gasteiger partial charge on any atom is 0.266 e. The molecule has 1 saturated heterocycles. The SMILES string of the molecule is Cc1ccc(CN2C(=O)C(=Cc3ccc(OCc4ccc(I)cc4)c(Br)c3)SC2=S)cc1. The van der Waals surface area contributed by atoms with Gasteiger partial charge in [-0.1, -0.05) is 72.0 Å². The van der Waals surface area contributed by atoms with E-state index in [4.69, 9.17) is 17.0 Å². The Bertz CT molecular complexity index is 1190. The summed E-state index contributed by atoms with van der Waals surface area (Å²) in [5, 5.41) is 0. The molecule has 0 unspecified atom stereocenters. The Balaban J connectivity index is 1.44. The van der Waals surface area contributed by atoms with Crippen molar-refractivity contribution in [2.24, 2.45) is 0 Å². The Labute approximate surface area is 219 Å². The lowest BCUT2D eigenvalue weighted by atomic mass is 10.1. The van der Waals surface area contributed by atoms with E-state index >= 15 is 0 Å². The van der Waals surface area contributed by atoms with E-state index in [1.165, 1.54) is 20.9 Å². The van der Waals surface area contributed by atoms with Crippen LogP contribution in [0.4, 0.5) is 0 Å². The number of carbonyl (C=O) groups is 1. The molecule has 0 spiro atoms. The molecule has 7 heteroatoms. The number of amides is 1. The van der Waals surface area contributed by atoms with E-state index in [-0.39, 0.29) is 5.91 Å². The van der Waals surface area contributed by atoms with Crippen LogP contribution in [-0.2, 0) is 17.9 Å². The molecule has 1 amide bonds. The first-order valence-corrected chi connectivity index (χ1v) is 13.0. The van der Waals surface area contributed by atoms with E-state index in [1.54, 1.807) is 4.90 Å². The predicted octanol–water partition coefficient (Wildman–Crippen LogP) is 7.34. The molecule has 1 aliphatic rings. The third-order valence-electron chi connectivity index (χ3n) is 4.90. The lowest BCUT2D eigenvalue weighted by molar-refractivity contribution is -0.122. The molecular formula is C25H19BrINO2S2. The monoisotopic (exact) mass is 635 g/mol. The highest BCUT2D eigenvalue weighted by Gasteiger charge is 2.32. The van der Waals surface area contributed by atoms with Crippen molar-refractivity contribution in [3.05, 3.63) is 102 Å². The van der Waals surface area contributed by atoms with Gasteiger partial charge in [-0.05, 0) is 92.5 Å². The van der Waals surface area contributed by atoms with Crippen molar-refractivity contribution >= 4 is 78.8 Å². The second kappa shape index (κ2) is 10.5. The maximum absolute atomic E-state index is 12.9. The van der Waals surface area contributed by atoms with Crippen molar-refractivity contribution in [1.82, 2.24) is 4.90 Å². The van der Waals surface area contributed by atoms with E-state index in [0.29, 0.717) is 22.4 Å². The molecule has 3 aromatic carbocycles. The molecule has 4 rings (SSSR count). The van der Waals surface area contributed by atoms with Crippen molar-refractivity contribution in [2.75, 3.05) is 0 Å². The molecule has 0 radical (unpaired) electrons. The Kier molecular flexibility index (Phi) is 7.70. The van der Waals surface area contributed by atoms with E-state index < -0.39 is 0 Å². The van der Waals surface area contributed by atoms with E-state index in [2.05, 4.69) is 62.8 Å². The molecule has 162 valence electrons. The maximum atomic E-state index is 12.9. The van der Waals surface area contributed by atoms with Gasteiger partial charge < -0.3 is 4.74 Å². The number of thiocarbonyl (C=S) groups is 1. The number of aryl methyl sites for hydroxylation is 1. The number of thioether (sulfide) groups is 1. The summed E-state index contributed by atoms with van der Waals surface area (Å²) in [5.74, 6) is 0.698. The Morgan fingerprint density at radius 3 is 2.44 bits per heavy atom. The minimum atomic E-state index is -0.0595. The fraction of sp³-hybridized carbons (Fsp3) is 0.120. The van der Waals surface area contributed by atoms with Gasteiger partial charge in [0, 0.05) is 3.57 Å². The topological polar surface area (TPSA) is 29.5 Å². The quantitative estimate of drug-likeness (QED) is 0.161. The first-order valence-electron chi connectivity index (χ1n) is 9.87. The van der Waals surface area contributed by atoms with Crippen LogP contribution >= 0.6 is 62.5 Å². The van der Waals surface area contributed by atoms with Gasteiger partial charge in [0.1, 0.15) is 16.7 Å². The number of rotatable bonds is 6. The van der Waals surface area contributed by atoms with E-state index in [0.717, 1.165) is 26.9 Å². The van der Waals surface area contributed by atoms with Gasteiger partial charge in [0.05, 0.1) is 15.9 Å². The van der Waals surface area contributed by atoms with Crippen molar-refractivity contribution in [3.8, 4) is 5.75 Å². The fourth-order valence-electron chi connectivity index (χ4n) is 3.13. The van der Waals surface area contributed by atoms with Gasteiger partial charge in [0.2, 0.25) is 0 Å². The first kappa shape index (κ1) is 23.5. The van der Waals surface area contributed by atoms with E-state index in [9.17, 15) is 4.79 Å². The summed E-state index contributed by atoms with van der Waals surface area (Å²) in [4.78, 5) is 15.2. The van der Waals surface area contributed by atoms with Crippen molar-refractivity contribution in [1.29, 1.82) is 0 Å². The highest BCUT2D eigenvalue weighted by molar-refractivity contribution is 14.1. The number of ether oxygens (including phenoxy) is 1. The molecule has 1 fully saturated rings. The van der Waals surface area contributed by atoms with Crippen molar-refractivity contribution in [3.63, 3.8) is 0 Å². The van der Waals surface area contributed by atoms with Crippen LogP contribution in [0, 0.1) is 10.5 Å². The van der Waals surface area contributed by atoms with Gasteiger partial charge in [0.15, 0.2) is 0 Å². The average molecular weight is 636 g/mol. The number of benzene rings is 3. The predicted molar refractivity (Wildman–Crippen MR) is 148 cm³/mol. The van der Waals surface area contributed by atoms with Gasteiger partial charge in [-0.15, -0.1) is 0 Å². The van der Waals surface area contributed by atoms with E-state index in [1.807, 2.05) is 55.5 Å². The highest BCUT2D eigenvalue weighted by atomic mass is 127. The molecule has 3 nitrogen and oxygen atoms in total. The van der Waals surface area contributed by atoms with Crippen LogP contribution in [0.25, 0.3) is 6.08 Å². The summed E-state index contributed by atoms with van der Waals surface area (Å²) in [6.45, 7) is 3.02. The third kappa shape index (κ3) is 5.81. The molecule has 0 aromatic heterocycles. The second-order valence-corrected chi connectivity index (χ2v) is 11.1. The molecule has 0 saturated carbocycles. The highest BCUT2D eigenvalue weighted by Crippen LogP contribution is 2.35. The van der Waals surface area contributed by atoms with Gasteiger partial charge in [-0.3, -0.25) is 9.69 Å². The minimum Gasteiger partial charge on any atom is -0.488 e. The van der Waals surface area contributed by atoms with Gasteiger partial charge in [0.25, 0.3) is 5.91 Å². The van der Waals surface area contributed by atoms with Crippen LogP contribution in [-0.4, -0.2) is 15.1 Å². The average Bonchev–Trinajstić information content (AvgIpc) is 3.03. The Morgan fingerprint density at radius 1 is 1.06 bits per heavy atom. The zero-order chi connectivity index (χ0) is 22.7. The summed E-state index contributed by atoms with van der Waals surface area (Å²) in [6.07, 6.45) is 1.88. The van der Waals surface area contributed by atoms with Crippen LogP contribution in [0.5, 0.6) is 5.75 Å². The molecule has 1 heterocycles. The summed E-state index contributed by atoms with van der Waals surface area (Å²) < 4.78 is 8.56. The van der Waals surface area contributed by atoms with Gasteiger partial charge >= 0.3 is 0 Å². The summed E-state index contributed by atoms with van der Waals surface area (Å²) in [6, 6.07) is 22.2. The van der Waals surface area contributed by atoms with Crippen molar-refractivity contribution in [2.45, 2.75) is 20.1 Å². The van der Waals surface area contributed by atoms with Crippen LogP contribution in [0.1, 0.15) is 22.3 Å². The molecular weight excluding hydrogens is 617 g/mol. The second-order valence-electron chi connectivity index (χ2n) is 7.36. The minimum absolute atomic E-state index is 0.0595. The van der Waals surface area contributed by atoms with Crippen LogP contribution < -0.4 is 4.74 Å². The molecule has 0 N–H and O–H groups in total. The largest absolute Gasteiger partial charge is 0.488 e. The normalized spacial score (nSPS) is 15.0. The number of carbonyl (C=O) groups excluding carboxylic acids is 1. The lowest BCUT2D eigenvalue weighted by Gasteiger charge is -2.14. The third-order valence-corrected chi connectivity index (χ3v) is 7.61. The summed E-state index contributed by atoms with van der Waals surface area (Å²) in [7, 11) is 0. The summed E-state index contributed by atoms with van der Waals surface area (Å²) in [5.41, 5.74) is 4.27. The number of halogens is 2. The first-order chi connectivity index (χ1) is 15.4. The lowest BCUT2D eigenvalue weighted by Crippen LogP contribution is -2.27. The van der Waals surface area contributed by atoms with Crippen LogP contribution in [0.15, 0.2) is 76.1 Å². The Hall–Kier alpha value is -1.68. The number of nitrogens with zero attached hydrogens (tertiary/aromatic N) is 1. The number of hydrogen-bond donors (Lipinski definition) is 0. The molecule has 3 aromatic rings. The van der Waals surface area contributed by atoms with Gasteiger partial charge in [-0.25, -0.2) is 0 Å². The molecule has 0 aliphatic carbocycles. The molecule has 0 bridgehead atoms. The fourth-order valence-corrected chi connectivity index (χ4v) is 5.26. The van der Waals surface area contributed by atoms with Crippen LogP contribution in [0.2, 0.25) is 0 Å². The molecule has 1 aliphatic heterocycles. The number of hydrogen-bond acceptors (Lipinski definition) is 4. The standard InChI is InChI=1S/C25H19BrINO2S2/c1-16-2-4-17(5-3-16)14-28-24(29)23(32-25(28)31)13-19-8-11-22(21(26)12-19)30-15-18-6-9-20(27)10-7-18/h2-13H,14-15H2,1H3. The van der Waals surface area contributed by atoms with Crippen LogP contribution in [0.3, 0.4) is 0 Å². The zero-order valence-electron chi connectivity index (χ0n) is 17.2. The Morgan fingerprint density at radius 2 is 1.75 bits per heavy atom. The van der Waals surface area contributed by atoms with Gasteiger partial charge in [-0.2, -0.15) is 0 Å². The molecule has 32 heavy (non-hydrogen) atoms. The molecule has 0 atom stereocenters. The smallest absolute Gasteiger partial charge is 0.266 e. The summed E-state index contributed by atoms with van der Waals surface area (Å²) >= 11 is 12.7.